The Bertz CT molecular complexity index is 8.00. The lowest BCUT2D eigenvalue weighted by Gasteiger charge is -1.56. The van der Waals surface area contributed by atoms with Gasteiger partial charge >= 0.3 is 0 Å². The molecule has 0 aromatic carbocycles. The van der Waals surface area contributed by atoms with Gasteiger partial charge in [-0.2, -0.15) is 11.1 Å². The van der Waals surface area contributed by atoms with Gasteiger partial charge in [-0.05, 0) is 0 Å². The first-order chi connectivity index (χ1) is 1.91. The van der Waals surface area contributed by atoms with Crippen molar-refractivity contribution < 1.29 is 0 Å². The molecule has 0 aliphatic rings. The molecule has 0 heterocycles. The molecular weight excluding hydrogens is 110 g/mol. The first-order valence-electron chi connectivity index (χ1n) is 1.03. The molecule has 0 unspecified atom stereocenters. The Kier molecular flexibility index (Phi) is 4.69. The fourth-order valence-corrected chi connectivity index (χ4v) is 0. The van der Waals surface area contributed by atoms with Crippen LogP contribution in [0.25, 0.3) is 0 Å². The van der Waals surface area contributed by atoms with Crippen LogP contribution in [0.5, 0.6) is 0 Å². The number of halogens is 2. The van der Waals surface area contributed by atoms with Crippen LogP contribution in [0.4, 0.5) is 0 Å². The van der Waals surface area contributed by atoms with Crippen molar-refractivity contribution in [3.8, 4) is 0 Å². The molecule has 0 nitrogen and oxygen atoms in total. The van der Waals surface area contributed by atoms with E-state index in [9.17, 15) is 0 Å². The molecule has 0 aromatic heterocycles. The predicted octanol–water partition coefficient (Wildman–Crippen LogP) is -0.186. The SMILES string of the molecule is ClB[SiH2]Cl. The van der Waals surface area contributed by atoms with Gasteiger partial charge in [0.25, 0.3) is 0 Å². The first-order valence-corrected chi connectivity index (χ1v) is 4.71. The van der Waals surface area contributed by atoms with Crippen LogP contribution >= 0.6 is 22.5 Å². The van der Waals surface area contributed by atoms with Gasteiger partial charge in [-0.15, -0.1) is 0 Å². The quantitative estimate of drug-likeness (QED) is 0.326. The van der Waals surface area contributed by atoms with Gasteiger partial charge in [0.05, 0.1) is 0 Å². The topological polar surface area (TPSA) is 0 Å². The van der Waals surface area contributed by atoms with E-state index in [0.717, 1.165) is 0 Å². The number of rotatable bonds is 1. The minimum absolute atomic E-state index is 0.338. The number of hydrogen-bond donors (Lipinski definition) is 0. The summed E-state index contributed by atoms with van der Waals surface area (Å²) in [4.78, 5) is 0. The Labute approximate surface area is 38.1 Å². The van der Waals surface area contributed by atoms with E-state index in [1.54, 1.807) is 0 Å². The zero-order valence-corrected chi connectivity index (χ0v) is 5.10. The van der Waals surface area contributed by atoms with Gasteiger partial charge in [0.15, 0.2) is 0 Å². The van der Waals surface area contributed by atoms with Crippen LogP contribution in [-0.2, 0) is 0 Å². The zero-order chi connectivity index (χ0) is 3.41. The molecule has 4 heavy (non-hydrogen) atoms. The highest BCUT2D eigenvalue weighted by Gasteiger charge is 1.70. The van der Waals surface area contributed by atoms with Gasteiger partial charge in [-0.3, -0.25) is 0 Å². The van der Waals surface area contributed by atoms with E-state index in [1.165, 1.54) is 0 Å². The average Bonchev–Trinajstić information content (AvgIpc) is 1.37. The molecule has 4 heteroatoms. The minimum atomic E-state index is -0.338. The molecule has 0 bridgehead atoms. The molecule has 0 rings (SSSR count). The van der Waals surface area contributed by atoms with Gasteiger partial charge < -0.3 is 0 Å². The molecule has 0 aliphatic heterocycles. The summed E-state index contributed by atoms with van der Waals surface area (Å²) in [5.41, 5.74) is 0. The maximum absolute atomic E-state index is 5.19. The molecule has 0 saturated carbocycles. The van der Waals surface area contributed by atoms with Gasteiger partial charge in [-0.25, -0.2) is 11.5 Å². The van der Waals surface area contributed by atoms with Crippen LogP contribution in [-0.4, -0.2) is 15.0 Å². The van der Waals surface area contributed by atoms with Crippen molar-refractivity contribution in [2.45, 2.75) is 0 Å². The van der Waals surface area contributed by atoms with Crippen LogP contribution in [0.3, 0.4) is 0 Å². The molecule has 0 aromatic rings. The fraction of sp³-hybridized carbons (Fsp3) is 0. The minimum Gasteiger partial charge on any atom is -0.204 e. The maximum atomic E-state index is 5.19. The highest BCUT2D eigenvalue weighted by Crippen LogP contribution is 1.66. The Balaban J connectivity index is 1.97. The van der Waals surface area contributed by atoms with Crippen molar-refractivity contribution in [2.75, 3.05) is 0 Å². The Morgan fingerprint density at radius 1 is 1.75 bits per heavy atom. The Morgan fingerprint density at radius 3 is 2.00 bits per heavy atom. The van der Waals surface area contributed by atoms with Gasteiger partial charge in [-0.1, -0.05) is 0 Å². The summed E-state index contributed by atoms with van der Waals surface area (Å²) in [7, 11) is -0.338. The second-order valence-electron chi connectivity index (χ2n) is 0.378. The second kappa shape index (κ2) is 3.86. The van der Waals surface area contributed by atoms with E-state index < -0.39 is 0 Å². The van der Waals surface area contributed by atoms with Gasteiger partial charge in [0.2, 0.25) is 6.29 Å². The monoisotopic (exact) mass is 112 g/mol. The molecule has 0 spiro atoms. The Morgan fingerprint density at radius 2 is 2.00 bits per heavy atom. The lowest BCUT2D eigenvalue weighted by molar-refractivity contribution is 4.16. The van der Waals surface area contributed by atoms with Crippen molar-refractivity contribution in [3.63, 3.8) is 0 Å². The largest absolute Gasteiger partial charge is 0.235 e. The van der Waals surface area contributed by atoms with Crippen molar-refractivity contribution in [2.24, 2.45) is 0 Å². The smallest absolute Gasteiger partial charge is 0.204 e. The summed E-state index contributed by atoms with van der Waals surface area (Å²) in [6.45, 7) is 0. The molecule has 0 saturated heterocycles. The summed E-state index contributed by atoms with van der Waals surface area (Å²) >= 11 is 10.3. The lowest BCUT2D eigenvalue weighted by Crippen LogP contribution is -1.78. The summed E-state index contributed by atoms with van der Waals surface area (Å²) < 4.78 is 0. The van der Waals surface area contributed by atoms with Gasteiger partial charge in [0, 0.05) is 0 Å². The van der Waals surface area contributed by atoms with E-state index in [1.807, 2.05) is 0 Å². The van der Waals surface area contributed by atoms with Crippen LogP contribution in [0, 0.1) is 0 Å². The lowest BCUT2D eigenvalue weighted by atomic mass is 10.7. The average molecular weight is 113 g/mol. The predicted molar refractivity (Wildman–Crippen MR) is 27.4 cm³/mol. The fourth-order valence-electron chi connectivity index (χ4n) is 0. The summed E-state index contributed by atoms with van der Waals surface area (Å²) in [6.07, 6.45) is 0.696. The third kappa shape index (κ3) is 2.86. The molecule has 0 radical (unpaired) electrons. The van der Waals surface area contributed by atoms with Crippen LogP contribution in [0.2, 0.25) is 0 Å². The van der Waals surface area contributed by atoms with Crippen LogP contribution < -0.4 is 0 Å². The standard InChI is InChI=1S/BCl2H3Si/c2-1-4-3/h1H,4H2. The highest BCUT2D eigenvalue weighted by molar-refractivity contribution is 7.40. The van der Waals surface area contributed by atoms with Crippen molar-refractivity contribution in [3.05, 3.63) is 0 Å². The van der Waals surface area contributed by atoms with E-state index in [4.69, 9.17) is 22.5 Å². The van der Waals surface area contributed by atoms with E-state index in [2.05, 4.69) is 0 Å². The molecule has 0 amide bonds. The zero-order valence-electron chi connectivity index (χ0n) is 2.17. The molecule has 0 aliphatic carbocycles. The van der Waals surface area contributed by atoms with Crippen LogP contribution in [0.1, 0.15) is 0 Å². The molecule has 24 valence electrons. The molecule has 0 atom stereocenters. The van der Waals surface area contributed by atoms with Crippen molar-refractivity contribution in [1.82, 2.24) is 0 Å². The number of hydrogen-bond acceptors (Lipinski definition) is 0. The molecular formula is H3BCl2Si. The summed E-state index contributed by atoms with van der Waals surface area (Å²) in [5.74, 6) is 0. The third-order valence-electron chi connectivity index (χ3n) is 0.0714. The normalized spacial score (nSPS) is 9.50. The van der Waals surface area contributed by atoms with Gasteiger partial charge in [0.1, 0.15) is 8.70 Å². The van der Waals surface area contributed by atoms with E-state index >= 15 is 0 Å². The van der Waals surface area contributed by atoms with E-state index in [0.29, 0.717) is 6.29 Å². The molecule has 0 fully saturated rings. The van der Waals surface area contributed by atoms with Crippen LogP contribution in [0.15, 0.2) is 0 Å². The Hall–Kier alpha value is 0.862. The maximum Gasteiger partial charge on any atom is 0.235 e. The summed E-state index contributed by atoms with van der Waals surface area (Å²) in [5, 5.41) is 0. The van der Waals surface area contributed by atoms with Crippen molar-refractivity contribution in [1.29, 1.82) is 0 Å². The first kappa shape index (κ1) is 4.86. The second-order valence-corrected chi connectivity index (χ2v) is 3.40. The highest BCUT2D eigenvalue weighted by atomic mass is 35.6. The van der Waals surface area contributed by atoms with Crippen molar-refractivity contribution >= 4 is 37.5 Å². The third-order valence-corrected chi connectivity index (χ3v) is 1.93. The molecule has 0 N–H and O–H groups in total. The van der Waals surface area contributed by atoms with E-state index in [-0.39, 0.29) is 8.70 Å². The summed E-state index contributed by atoms with van der Waals surface area (Å²) in [6, 6.07) is 0.